The fourth-order valence-electron chi connectivity index (χ4n) is 4.76. The van der Waals surface area contributed by atoms with Crippen LogP contribution in [-0.2, 0) is 4.79 Å². The number of thiophene rings is 1. The van der Waals surface area contributed by atoms with E-state index < -0.39 is 6.10 Å². The number of nitrogens with zero attached hydrogens (tertiary/aromatic N) is 2. The third kappa shape index (κ3) is 4.22. The predicted octanol–water partition coefficient (Wildman–Crippen LogP) is 2.37. The molecule has 2 fully saturated rings. The maximum absolute atomic E-state index is 13.2. The van der Waals surface area contributed by atoms with Gasteiger partial charge in [0.1, 0.15) is 6.10 Å². The average Bonchev–Trinajstić information content (AvgIpc) is 3.38. The molecule has 1 saturated heterocycles. The molecule has 4 rings (SSSR count). The molecule has 2 N–H and O–H groups in total. The van der Waals surface area contributed by atoms with Crippen LogP contribution >= 0.6 is 11.3 Å². The first-order valence-corrected chi connectivity index (χ1v) is 11.4. The summed E-state index contributed by atoms with van der Waals surface area (Å²) >= 11 is 1.37. The highest BCUT2D eigenvalue weighted by Crippen LogP contribution is 2.37. The third-order valence-electron chi connectivity index (χ3n) is 6.35. The second-order valence-electron chi connectivity index (χ2n) is 8.37. The summed E-state index contributed by atoms with van der Waals surface area (Å²) in [7, 11) is 1.68. The van der Waals surface area contributed by atoms with Gasteiger partial charge in [-0.3, -0.25) is 14.4 Å². The van der Waals surface area contributed by atoms with Crippen LogP contribution in [0, 0.1) is 11.8 Å². The Kier molecular flexibility index (Phi) is 6.11. The van der Waals surface area contributed by atoms with E-state index >= 15 is 0 Å². The summed E-state index contributed by atoms with van der Waals surface area (Å²) in [6.07, 6.45) is 0.878. The van der Waals surface area contributed by atoms with E-state index in [1.54, 1.807) is 36.2 Å². The Bertz CT molecular complexity index is 961. The lowest BCUT2D eigenvalue weighted by molar-refractivity contribution is -0.141. The Morgan fingerprint density at radius 2 is 1.81 bits per heavy atom. The minimum Gasteiger partial charge on any atom is -0.384 e. The third-order valence-corrected chi connectivity index (χ3v) is 7.21. The second-order valence-corrected chi connectivity index (χ2v) is 9.32. The van der Waals surface area contributed by atoms with Gasteiger partial charge in [0.15, 0.2) is 0 Å². The molecular formula is C23H27N3O4S. The number of hydrogen-bond donors (Lipinski definition) is 2. The van der Waals surface area contributed by atoms with Crippen LogP contribution in [0.4, 0.5) is 5.69 Å². The van der Waals surface area contributed by atoms with Crippen LogP contribution in [0.2, 0.25) is 0 Å². The van der Waals surface area contributed by atoms with Crippen molar-refractivity contribution in [1.82, 2.24) is 10.2 Å². The van der Waals surface area contributed by atoms with Gasteiger partial charge in [-0.2, -0.15) is 0 Å². The highest BCUT2D eigenvalue weighted by atomic mass is 32.1. The number of hydrogen-bond acceptors (Lipinski definition) is 5. The first-order valence-electron chi connectivity index (χ1n) is 10.5. The number of anilines is 1. The van der Waals surface area contributed by atoms with E-state index in [0.717, 1.165) is 12.8 Å². The number of carbonyl (C=O) groups excluding carboxylic acids is 3. The largest absolute Gasteiger partial charge is 0.384 e. The minimum atomic E-state index is -1.01. The Hall–Kier alpha value is -2.71. The van der Waals surface area contributed by atoms with Crippen molar-refractivity contribution in [3.8, 4) is 0 Å². The van der Waals surface area contributed by atoms with E-state index in [0.29, 0.717) is 29.2 Å². The normalized spacial score (nSPS) is 23.3. The summed E-state index contributed by atoms with van der Waals surface area (Å²) < 4.78 is 0. The smallest absolute Gasteiger partial charge is 0.268 e. The van der Waals surface area contributed by atoms with Crippen molar-refractivity contribution < 1.29 is 19.5 Å². The van der Waals surface area contributed by atoms with Gasteiger partial charge < -0.3 is 20.2 Å². The zero-order chi connectivity index (χ0) is 22.1. The zero-order valence-electron chi connectivity index (χ0n) is 17.7. The lowest BCUT2D eigenvalue weighted by Crippen LogP contribution is -2.55. The molecule has 1 aliphatic heterocycles. The molecule has 2 aliphatic rings. The van der Waals surface area contributed by atoms with E-state index in [-0.39, 0.29) is 35.6 Å². The van der Waals surface area contributed by atoms with Gasteiger partial charge in [-0.25, -0.2) is 0 Å². The average molecular weight is 442 g/mol. The maximum Gasteiger partial charge on any atom is 0.268 e. The van der Waals surface area contributed by atoms with Gasteiger partial charge >= 0.3 is 0 Å². The fourth-order valence-corrected chi connectivity index (χ4v) is 5.46. The van der Waals surface area contributed by atoms with Crippen molar-refractivity contribution in [2.75, 3.05) is 25.0 Å². The number of para-hydroxylation sites is 1. The lowest BCUT2D eigenvalue weighted by atomic mass is 9.91. The standard InChI is InChI=1S/C23H27N3O4S/c1-14(27)22(29)26-12-15-9-10-16(13-26)20(15)24-21(28)17-6-3-4-7-18(17)25(2)23(30)19-8-5-11-31-19/h3-8,11,14-16,20,27H,9-10,12-13H2,1-2H3,(H,24,28)/t14-,15-,16+,20?/m0/s1. The molecule has 3 amide bonds. The molecular weight excluding hydrogens is 414 g/mol. The Labute approximate surface area is 185 Å². The number of amides is 3. The summed E-state index contributed by atoms with van der Waals surface area (Å²) in [5, 5.41) is 14.7. The molecule has 1 aliphatic carbocycles. The molecule has 1 aromatic carbocycles. The van der Waals surface area contributed by atoms with E-state index in [1.807, 2.05) is 17.5 Å². The van der Waals surface area contributed by atoms with Crippen LogP contribution in [0.25, 0.3) is 0 Å². The fraction of sp³-hybridized carbons (Fsp3) is 0.435. The molecule has 1 saturated carbocycles. The number of fused-ring (bicyclic) bond motifs is 2. The summed E-state index contributed by atoms with van der Waals surface area (Å²) in [4.78, 5) is 42.1. The number of rotatable bonds is 5. The number of nitrogens with one attached hydrogen (secondary N) is 1. The van der Waals surface area contributed by atoms with Crippen LogP contribution < -0.4 is 10.2 Å². The van der Waals surface area contributed by atoms with Crippen molar-refractivity contribution in [2.45, 2.75) is 31.9 Å². The van der Waals surface area contributed by atoms with E-state index in [2.05, 4.69) is 5.32 Å². The topological polar surface area (TPSA) is 89.9 Å². The van der Waals surface area contributed by atoms with Crippen LogP contribution in [0.15, 0.2) is 41.8 Å². The monoisotopic (exact) mass is 441 g/mol. The molecule has 0 radical (unpaired) electrons. The quantitative estimate of drug-likeness (QED) is 0.746. The number of piperidine rings is 1. The van der Waals surface area contributed by atoms with E-state index in [9.17, 15) is 19.5 Å². The molecule has 0 spiro atoms. The van der Waals surface area contributed by atoms with Gasteiger partial charge in [0.2, 0.25) is 0 Å². The number of aliphatic hydroxyl groups is 1. The molecule has 2 bridgehead atoms. The Morgan fingerprint density at radius 1 is 1.13 bits per heavy atom. The van der Waals surface area contributed by atoms with Crippen molar-refractivity contribution in [3.05, 3.63) is 52.2 Å². The number of aliphatic hydroxyl groups excluding tert-OH is 1. The lowest BCUT2D eigenvalue weighted by Gasteiger charge is -2.39. The molecule has 2 aromatic rings. The van der Waals surface area contributed by atoms with Crippen molar-refractivity contribution in [2.24, 2.45) is 11.8 Å². The maximum atomic E-state index is 13.2. The summed E-state index contributed by atoms with van der Waals surface area (Å²) in [5.74, 6) is -0.272. The first-order chi connectivity index (χ1) is 14.9. The number of benzene rings is 1. The van der Waals surface area contributed by atoms with Crippen molar-refractivity contribution >= 4 is 34.7 Å². The Balaban J connectivity index is 1.49. The van der Waals surface area contributed by atoms with E-state index in [1.165, 1.54) is 23.2 Å². The van der Waals surface area contributed by atoms with Gasteiger partial charge in [0, 0.05) is 26.2 Å². The highest BCUT2D eigenvalue weighted by molar-refractivity contribution is 7.12. The second kappa shape index (κ2) is 8.80. The molecule has 8 heteroatoms. The molecule has 4 atom stereocenters. The van der Waals surface area contributed by atoms with Gasteiger partial charge in [-0.05, 0) is 55.2 Å². The summed E-state index contributed by atoms with van der Waals surface area (Å²) in [6, 6.07) is 10.7. The first kappa shape index (κ1) is 21.5. The van der Waals surface area contributed by atoms with Gasteiger partial charge in [-0.15, -0.1) is 11.3 Å². The summed E-state index contributed by atoms with van der Waals surface area (Å²) in [5.41, 5.74) is 1.02. The SMILES string of the molecule is C[C@H](O)C(=O)N1C[C@H]2CC[C@@H](C1)C2NC(=O)c1ccccc1N(C)C(=O)c1cccs1. The molecule has 1 unspecified atom stereocenters. The number of carbonyl (C=O) groups is 3. The highest BCUT2D eigenvalue weighted by Gasteiger charge is 2.44. The van der Waals surface area contributed by atoms with Crippen LogP contribution in [-0.4, -0.2) is 60.0 Å². The van der Waals surface area contributed by atoms with Gasteiger partial charge in [-0.1, -0.05) is 18.2 Å². The van der Waals surface area contributed by atoms with Crippen LogP contribution in [0.1, 0.15) is 39.8 Å². The molecule has 7 nitrogen and oxygen atoms in total. The number of likely N-dealkylation sites (tertiary alicyclic amines) is 1. The van der Waals surface area contributed by atoms with Crippen molar-refractivity contribution in [1.29, 1.82) is 0 Å². The Morgan fingerprint density at radius 3 is 2.42 bits per heavy atom. The predicted molar refractivity (Wildman–Crippen MR) is 119 cm³/mol. The van der Waals surface area contributed by atoms with Crippen LogP contribution in [0.5, 0.6) is 0 Å². The molecule has 1 aromatic heterocycles. The molecule has 2 heterocycles. The van der Waals surface area contributed by atoms with Crippen molar-refractivity contribution in [3.63, 3.8) is 0 Å². The summed E-state index contributed by atoms with van der Waals surface area (Å²) in [6.45, 7) is 2.58. The molecule has 31 heavy (non-hydrogen) atoms. The minimum absolute atomic E-state index is 0.0168. The van der Waals surface area contributed by atoms with Crippen LogP contribution in [0.3, 0.4) is 0 Å². The zero-order valence-corrected chi connectivity index (χ0v) is 18.5. The van der Waals surface area contributed by atoms with Gasteiger partial charge in [0.05, 0.1) is 16.1 Å². The molecule has 164 valence electrons. The van der Waals surface area contributed by atoms with Gasteiger partial charge in [0.25, 0.3) is 17.7 Å². The van der Waals surface area contributed by atoms with E-state index in [4.69, 9.17) is 0 Å².